The number of rotatable bonds is 4. The van der Waals surface area contributed by atoms with Gasteiger partial charge in [0.05, 0.1) is 24.5 Å². The van der Waals surface area contributed by atoms with E-state index in [9.17, 15) is 18.0 Å². The zero-order chi connectivity index (χ0) is 23.6. The average molecular weight is 466 g/mol. The summed E-state index contributed by atoms with van der Waals surface area (Å²) in [6.07, 6.45) is -3.66. The lowest BCUT2D eigenvalue weighted by Crippen LogP contribution is -2.52. The first kappa shape index (κ1) is 23.6. The summed E-state index contributed by atoms with van der Waals surface area (Å²) in [6.45, 7) is 3.82. The Bertz CT molecular complexity index is 938. The number of carbonyl (C=O) groups is 1. The van der Waals surface area contributed by atoms with Gasteiger partial charge in [0.15, 0.2) is 0 Å². The van der Waals surface area contributed by atoms with Gasteiger partial charge in [-0.15, -0.1) is 0 Å². The lowest BCUT2D eigenvalue weighted by atomic mass is 9.83. The van der Waals surface area contributed by atoms with Gasteiger partial charge in [0, 0.05) is 50.3 Å². The summed E-state index contributed by atoms with van der Waals surface area (Å²) < 4.78 is 44.5. The number of halogens is 3. The van der Waals surface area contributed by atoms with E-state index >= 15 is 0 Å². The largest absolute Gasteiger partial charge is 0.416 e. The van der Waals surface area contributed by atoms with Crippen molar-refractivity contribution in [2.24, 2.45) is 0 Å². The number of aromatic nitrogens is 2. The van der Waals surface area contributed by atoms with E-state index in [1.807, 2.05) is 30.0 Å². The maximum atomic E-state index is 13.3. The fourth-order valence-corrected chi connectivity index (χ4v) is 4.62. The summed E-state index contributed by atoms with van der Waals surface area (Å²) in [5.74, 6) is -0.0896. The maximum absolute atomic E-state index is 13.3. The summed E-state index contributed by atoms with van der Waals surface area (Å²) in [5.41, 5.74) is 2.00. The van der Waals surface area contributed by atoms with Gasteiger partial charge < -0.3 is 19.4 Å². The van der Waals surface area contributed by atoms with Crippen molar-refractivity contribution in [2.45, 2.75) is 31.0 Å². The first-order valence-electron chi connectivity index (χ1n) is 11.2. The molecule has 7 nitrogen and oxygen atoms in total. The predicted octanol–water partition coefficient (Wildman–Crippen LogP) is 3.52. The van der Waals surface area contributed by atoms with Crippen molar-refractivity contribution in [2.75, 3.05) is 53.5 Å². The minimum atomic E-state index is -4.37. The van der Waals surface area contributed by atoms with Crippen molar-refractivity contribution < 1.29 is 22.7 Å². The van der Waals surface area contributed by atoms with E-state index in [-0.39, 0.29) is 17.9 Å². The molecule has 2 unspecified atom stereocenters. The molecular weight excluding hydrogens is 435 g/mol. The first-order chi connectivity index (χ1) is 15.7. The normalized spacial score (nSPS) is 22.1. The van der Waals surface area contributed by atoms with Gasteiger partial charge in [-0.3, -0.25) is 5.10 Å². The molecule has 33 heavy (non-hydrogen) atoms. The Morgan fingerprint density at radius 2 is 1.79 bits per heavy atom. The SMILES string of the molecule is CN(C)Cc1cc(C2CC(c3ccc(C(F)(F)F)cc3)CN(C(=O)N3CCOCC3)C2)n[nH]1. The second kappa shape index (κ2) is 9.72. The number of morpholine rings is 1. The van der Waals surface area contributed by atoms with Gasteiger partial charge in [0.25, 0.3) is 0 Å². The van der Waals surface area contributed by atoms with Crippen molar-refractivity contribution in [1.29, 1.82) is 0 Å². The molecule has 2 aliphatic rings. The van der Waals surface area contributed by atoms with Gasteiger partial charge in [0.1, 0.15) is 0 Å². The molecule has 0 spiro atoms. The van der Waals surface area contributed by atoms with Gasteiger partial charge in [-0.2, -0.15) is 18.3 Å². The summed E-state index contributed by atoms with van der Waals surface area (Å²) in [4.78, 5) is 18.9. The Labute approximate surface area is 191 Å². The second-order valence-corrected chi connectivity index (χ2v) is 9.09. The first-order valence-corrected chi connectivity index (χ1v) is 11.2. The molecule has 0 aliphatic carbocycles. The third-order valence-corrected chi connectivity index (χ3v) is 6.27. The van der Waals surface area contributed by atoms with Gasteiger partial charge in [-0.1, -0.05) is 12.1 Å². The number of urea groups is 1. The minimum Gasteiger partial charge on any atom is -0.378 e. The van der Waals surface area contributed by atoms with Gasteiger partial charge in [-0.05, 0) is 44.3 Å². The smallest absolute Gasteiger partial charge is 0.378 e. The highest BCUT2D eigenvalue weighted by atomic mass is 19.4. The lowest BCUT2D eigenvalue weighted by Gasteiger charge is -2.40. The van der Waals surface area contributed by atoms with E-state index in [1.165, 1.54) is 12.1 Å². The topological polar surface area (TPSA) is 64.7 Å². The molecule has 1 aromatic carbocycles. The monoisotopic (exact) mass is 465 g/mol. The van der Waals surface area contributed by atoms with Crippen LogP contribution in [0.15, 0.2) is 30.3 Å². The van der Waals surface area contributed by atoms with Gasteiger partial charge >= 0.3 is 12.2 Å². The fourth-order valence-electron chi connectivity index (χ4n) is 4.62. The molecule has 0 bridgehead atoms. The molecule has 2 saturated heterocycles. The van der Waals surface area contributed by atoms with Crippen LogP contribution in [-0.2, 0) is 17.5 Å². The van der Waals surface area contributed by atoms with E-state index < -0.39 is 11.7 Å². The van der Waals surface area contributed by atoms with E-state index in [0.717, 1.165) is 35.6 Å². The number of carbonyl (C=O) groups excluding carboxylic acids is 1. The highest BCUT2D eigenvalue weighted by Crippen LogP contribution is 2.37. The van der Waals surface area contributed by atoms with Crippen LogP contribution >= 0.6 is 0 Å². The number of amides is 2. The highest BCUT2D eigenvalue weighted by molar-refractivity contribution is 5.75. The molecule has 4 rings (SSSR count). The van der Waals surface area contributed by atoms with E-state index in [0.29, 0.717) is 45.8 Å². The van der Waals surface area contributed by atoms with Crippen molar-refractivity contribution in [3.8, 4) is 0 Å². The molecule has 2 fully saturated rings. The van der Waals surface area contributed by atoms with Crippen LogP contribution in [0.4, 0.5) is 18.0 Å². The molecule has 0 radical (unpaired) electrons. The molecule has 3 heterocycles. The van der Waals surface area contributed by atoms with Crippen molar-refractivity contribution >= 4 is 6.03 Å². The Kier molecular flexibility index (Phi) is 6.94. The lowest BCUT2D eigenvalue weighted by molar-refractivity contribution is -0.137. The number of nitrogens with one attached hydrogen (secondary N) is 1. The summed E-state index contributed by atoms with van der Waals surface area (Å²) in [5, 5.41) is 7.58. The number of nitrogens with zero attached hydrogens (tertiary/aromatic N) is 4. The third kappa shape index (κ3) is 5.67. The van der Waals surface area contributed by atoms with Crippen molar-refractivity contribution in [1.82, 2.24) is 24.9 Å². The molecule has 0 saturated carbocycles. The van der Waals surface area contributed by atoms with Gasteiger partial charge in [-0.25, -0.2) is 4.79 Å². The molecule has 1 aromatic heterocycles. The Hall–Kier alpha value is -2.59. The average Bonchev–Trinajstić information content (AvgIpc) is 3.26. The number of piperidine rings is 1. The molecule has 180 valence electrons. The molecule has 2 atom stereocenters. The standard InChI is InChI=1S/C23H30F3N5O2/c1-29(2)15-20-12-21(28-27-20)18-11-17(16-3-5-19(6-4-16)23(24,25)26)13-31(14-18)22(32)30-7-9-33-10-8-30/h3-6,12,17-18H,7-11,13-15H2,1-2H3,(H,27,28). The van der Waals surface area contributed by atoms with Crippen LogP contribution in [0.2, 0.25) is 0 Å². The summed E-state index contributed by atoms with van der Waals surface area (Å²) >= 11 is 0. The Morgan fingerprint density at radius 1 is 1.12 bits per heavy atom. The van der Waals surface area contributed by atoms with E-state index in [4.69, 9.17) is 4.74 Å². The number of aromatic amines is 1. The van der Waals surface area contributed by atoms with Gasteiger partial charge in [0.2, 0.25) is 0 Å². The number of hydrogen-bond donors (Lipinski definition) is 1. The Morgan fingerprint density at radius 3 is 2.42 bits per heavy atom. The number of ether oxygens (including phenoxy) is 1. The summed E-state index contributed by atoms with van der Waals surface area (Å²) in [6, 6.07) is 7.29. The van der Waals surface area contributed by atoms with Crippen LogP contribution in [0.5, 0.6) is 0 Å². The number of alkyl halides is 3. The number of likely N-dealkylation sites (tertiary alicyclic amines) is 1. The molecule has 2 aromatic rings. The molecule has 2 amide bonds. The molecule has 10 heteroatoms. The Balaban J connectivity index is 1.57. The quantitative estimate of drug-likeness (QED) is 0.751. The van der Waals surface area contributed by atoms with Crippen molar-refractivity contribution in [3.05, 3.63) is 52.8 Å². The van der Waals surface area contributed by atoms with E-state index in [2.05, 4.69) is 10.2 Å². The van der Waals surface area contributed by atoms with Crippen LogP contribution in [0.3, 0.4) is 0 Å². The fraction of sp³-hybridized carbons (Fsp3) is 0.565. The number of benzene rings is 1. The van der Waals surface area contributed by atoms with Crippen LogP contribution in [0.25, 0.3) is 0 Å². The van der Waals surface area contributed by atoms with Crippen molar-refractivity contribution in [3.63, 3.8) is 0 Å². The van der Waals surface area contributed by atoms with Crippen LogP contribution in [0.1, 0.15) is 40.8 Å². The van der Waals surface area contributed by atoms with Crippen LogP contribution < -0.4 is 0 Å². The predicted molar refractivity (Wildman–Crippen MR) is 117 cm³/mol. The number of H-pyrrole nitrogens is 1. The minimum absolute atomic E-state index is 0.0109. The third-order valence-electron chi connectivity index (χ3n) is 6.27. The van der Waals surface area contributed by atoms with Crippen LogP contribution in [0, 0.1) is 0 Å². The van der Waals surface area contributed by atoms with Crippen LogP contribution in [-0.4, -0.2) is 84.4 Å². The zero-order valence-electron chi connectivity index (χ0n) is 18.9. The zero-order valence-corrected chi connectivity index (χ0v) is 18.9. The molecular formula is C23H30F3N5O2. The molecule has 2 aliphatic heterocycles. The van der Waals surface area contributed by atoms with E-state index in [1.54, 1.807) is 4.90 Å². The number of hydrogen-bond acceptors (Lipinski definition) is 4. The molecule has 1 N–H and O–H groups in total. The summed E-state index contributed by atoms with van der Waals surface area (Å²) in [7, 11) is 3.95. The highest BCUT2D eigenvalue weighted by Gasteiger charge is 2.36. The second-order valence-electron chi connectivity index (χ2n) is 9.09. The maximum Gasteiger partial charge on any atom is 0.416 e.